The highest BCUT2D eigenvalue weighted by Gasteiger charge is 2.39. The van der Waals surface area contributed by atoms with Crippen molar-refractivity contribution in [3.05, 3.63) is 29.6 Å². The second kappa shape index (κ2) is 5.17. The summed E-state index contributed by atoms with van der Waals surface area (Å²) in [7, 11) is 4.04. The van der Waals surface area contributed by atoms with Gasteiger partial charge in [-0.2, -0.15) is 0 Å². The third-order valence-corrected chi connectivity index (χ3v) is 4.07. The Bertz CT molecular complexity index is 484. The van der Waals surface area contributed by atoms with E-state index in [2.05, 4.69) is 10.2 Å². The zero-order chi connectivity index (χ0) is 14.0. The standard InChI is InChI=1S/C14H20FN3O/c1-18(2)14(6-3-7-14)9-17-13(19)10-4-5-12(16)11(15)8-10/h4-5,8H,3,6-7,9,16H2,1-2H3,(H,17,19). The molecule has 1 aliphatic rings. The Labute approximate surface area is 112 Å². The van der Waals surface area contributed by atoms with Gasteiger partial charge in [-0.25, -0.2) is 4.39 Å². The lowest BCUT2D eigenvalue weighted by molar-refractivity contribution is 0.0557. The fraction of sp³-hybridized carbons (Fsp3) is 0.500. The number of hydrogen-bond acceptors (Lipinski definition) is 3. The van der Waals surface area contributed by atoms with Gasteiger partial charge in [-0.05, 0) is 51.6 Å². The lowest BCUT2D eigenvalue weighted by atomic mass is 9.75. The number of nitrogen functional groups attached to an aromatic ring is 1. The minimum atomic E-state index is -0.557. The molecule has 0 spiro atoms. The predicted molar refractivity (Wildman–Crippen MR) is 73.4 cm³/mol. The number of likely N-dealkylation sites (N-methyl/N-ethyl adjacent to an activating group) is 1. The van der Waals surface area contributed by atoms with Crippen LogP contribution in [-0.4, -0.2) is 37.0 Å². The molecule has 0 heterocycles. The van der Waals surface area contributed by atoms with E-state index in [1.807, 2.05) is 14.1 Å². The van der Waals surface area contributed by atoms with E-state index in [1.54, 1.807) is 0 Å². The Balaban J connectivity index is 1.99. The van der Waals surface area contributed by atoms with Crippen LogP contribution in [0.1, 0.15) is 29.6 Å². The first-order valence-electron chi connectivity index (χ1n) is 6.45. The van der Waals surface area contributed by atoms with Gasteiger partial charge in [-0.15, -0.1) is 0 Å². The Morgan fingerprint density at radius 2 is 2.16 bits per heavy atom. The van der Waals surface area contributed by atoms with Crippen LogP contribution in [0.25, 0.3) is 0 Å². The van der Waals surface area contributed by atoms with Crippen LogP contribution < -0.4 is 11.1 Å². The van der Waals surface area contributed by atoms with Crippen LogP contribution in [0.5, 0.6) is 0 Å². The lowest BCUT2D eigenvalue weighted by Gasteiger charge is -2.47. The minimum absolute atomic E-state index is 0.0558. The topological polar surface area (TPSA) is 58.4 Å². The third kappa shape index (κ3) is 2.71. The first-order valence-corrected chi connectivity index (χ1v) is 6.45. The van der Waals surface area contributed by atoms with Gasteiger partial charge >= 0.3 is 0 Å². The fourth-order valence-corrected chi connectivity index (χ4v) is 2.38. The summed E-state index contributed by atoms with van der Waals surface area (Å²) in [4.78, 5) is 14.1. The molecule has 0 aliphatic heterocycles. The summed E-state index contributed by atoms with van der Waals surface area (Å²) in [6.45, 7) is 0.588. The number of nitrogens with zero attached hydrogens (tertiary/aromatic N) is 1. The van der Waals surface area contributed by atoms with Gasteiger partial charge in [-0.3, -0.25) is 4.79 Å². The van der Waals surface area contributed by atoms with Gasteiger partial charge in [0.25, 0.3) is 5.91 Å². The second-order valence-corrected chi connectivity index (χ2v) is 5.39. The zero-order valence-electron chi connectivity index (χ0n) is 11.4. The van der Waals surface area contributed by atoms with Crippen LogP contribution in [-0.2, 0) is 0 Å². The van der Waals surface area contributed by atoms with E-state index in [0.29, 0.717) is 12.1 Å². The average molecular weight is 265 g/mol. The largest absolute Gasteiger partial charge is 0.396 e. The van der Waals surface area contributed by atoms with E-state index in [4.69, 9.17) is 5.73 Å². The fourth-order valence-electron chi connectivity index (χ4n) is 2.38. The molecule has 1 aromatic carbocycles. The molecule has 1 saturated carbocycles. The summed E-state index contributed by atoms with van der Waals surface area (Å²) < 4.78 is 13.3. The van der Waals surface area contributed by atoms with Gasteiger partial charge in [0.15, 0.2) is 0 Å². The summed E-state index contributed by atoms with van der Waals surface area (Å²) in [5, 5.41) is 2.88. The maximum Gasteiger partial charge on any atom is 0.251 e. The molecule has 0 atom stereocenters. The highest BCUT2D eigenvalue weighted by Crippen LogP contribution is 2.35. The van der Waals surface area contributed by atoms with E-state index in [-0.39, 0.29) is 17.1 Å². The molecule has 0 saturated heterocycles. The number of nitrogens with two attached hydrogens (primary N) is 1. The summed E-state index contributed by atoms with van der Waals surface area (Å²) in [5.74, 6) is -0.814. The van der Waals surface area contributed by atoms with Crippen LogP contribution in [0.3, 0.4) is 0 Å². The number of benzene rings is 1. The van der Waals surface area contributed by atoms with Crippen molar-refractivity contribution in [2.24, 2.45) is 0 Å². The SMILES string of the molecule is CN(C)C1(CNC(=O)c2ccc(N)c(F)c2)CCC1. The molecule has 5 heteroatoms. The van der Waals surface area contributed by atoms with Crippen LogP contribution in [0.15, 0.2) is 18.2 Å². The van der Waals surface area contributed by atoms with E-state index in [0.717, 1.165) is 12.8 Å². The number of carbonyl (C=O) groups excluding carboxylic acids is 1. The predicted octanol–water partition coefficient (Wildman–Crippen LogP) is 1.62. The van der Waals surface area contributed by atoms with Gasteiger partial charge in [0.1, 0.15) is 5.82 Å². The maximum absolute atomic E-state index is 13.3. The van der Waals surface area contributed by atoms with Crippen molar-refractivity contribution in [2.75, 3.05) is 26.4 Å². The molecular weight excluding hydrogens is 245 g/mol. The van der Waals surface area contributed by atoms with E-state index >= 15 is 0 Å². The summed E-state index contributed by atoms with van der Waals surface area (Å²) in [6.07, 6.45) is 3.34. The number of amides is 1. The quantitative estimate of drug-likeness (QED) is 0.813. The number of hydrogen-bond donors (Lipinski definition) is 2. The molecule has 1 aliphatic carbocycles. The number of rotatable bonds is 4. The van der Waals surface area contributed by atoms with Crippen molar-refractivity contribution < 1.29 is 9.18 Å². The summed E-state index contributed by atoms with van der Waals surface area (Å²) >= 11 is 0. The van der Waals surface area contributed by atoms with Crippen LogP contribution in [0.4, 0.5) is 10.1 Å². The molecule has 0 radical (unpaired) electrons. The van der Waals surface area contributed by atoms with Crippen molar-refractivity contribution in [2.45, 2.75) is 24.8 Å². The average Bonchev–Trinajstić information content (AvgIpc) is 2.30. The highest BCUT2D eigenvalue weighted by molar-refractivity contribution is 5.94. The monoisotopic (exact) mass is 265 g/mol. The Morgan fingerprint density at radius 3 is 2.63 bits per heavy atom. The molecule has 104 valence electrons. The molecule has 0 unspecified atom stereocenters. The van der Waals surface area contributed by atoms with Crippen molar-refractivity contribution in [1.29, 1.82) is 0 Å². The number of halogens is 1. The Hall–Kier alpha value is -1.62. The molecule has 19 heavy (non-hydrogen) atoms. The van der Waals surface area contributed by atoms with Gasteiger partial charge < -0.3 is 16.0 Å². The van der Waals surface area contributed by atoms with Crippen molar-refractivity contribution in [1.82, 2.24) is 10.2 Å². The molecule has 0 bridgehead atoms. The second-order valence-electron chi connectivity index (χ2n) is 5.39. The smallest absolute Gasteiger partial charge is 0.251 e. The van der Waals surface area contributed by atoms with Crippen LogP contribution in [0, 0.1) is 5.82 Å². The highest BCUT2D eigenvalue weighted by atomic mass is 19.1. The molecular formula is C14H20FN3O. The molecule has 1 aromatic rings. The molecule has 3 N–H and O–H groups in total. The van der Waals surface area contributed by atoms with E-state index < -0.39 is 5.82 Å². The van der Waals surface area contributed by atoms with Crippen LogP contribution in [0.2, 0.25) is 0 Å². The zero-order valence-corrected chi connectivity index (χ0v) is 11.4. The summed E-state index contributed by atoms with van der Waals surface area (Å²) in [5.41, 5.74) is 5.81. The van der Waals surface area contributed by atoms with Crippen LogP contribution >= 0.6 is 0 Å². The van der Waals surface area contributed by atoms with Crippen molar-refractivity contribution in [3.63, 3.8) is 0 Å². The van der Waals surface area contributed by atoms with E-state index in [9.17, 15) is 9.18 Å². The first-order chi connectivity index (χ1) is 8.94. The first kappa shape index (κ1) is 13.8. The molecule has 2 rings (SSSR count). The Kier molecular flexibility index (Phi) is 3.75. The molecule has 0 aromatic heterocycles. The molecule has 1 amide bonds. The van der Waals surface area contributed by atoms with Gasteiger partial charge in [0.05, 0.1) is 5.69 Å². The van der Waals surface area contributed by atoms with Gasteiger partial charge in [0, 0.05) is 17.6 Å². The maximum atomic E-state index is 13.3. The van der Waals surface area contributed by atoms with Gasteiger partial charge in [-0.1, -0.05) is 0 Å². The van der Waals surface area contributed by atoms with E-state index in [1.165, 1.54) is 24.6 Å². The van der Waals surface area contributed by atoms with Crippen molar-refractivity contribution >= 4 is 11.6 Å². The minimum Gasteiger partial charge on any atom is -0.396 e. The number of anilines is 1. The number of nitrogens with one attached hydrogen (secondary N) is 1. The molecule has 1 fully saturated rings. The van der Waals surface area contributed by atoms with Crippen molar-refractivity contribution in [3.8, 4) is 0 Å². The number of carbonyl (C=O) groups is 1. The summed E-state index contributed by atoms with van der Waals surface area (Å²) in [6, 6.07) is 4.12. The molecule has 4 nitrogen and oxygen atoms in total. The third-order valence-electron chi connectivity index (χ3n) is 4.07. The van der Waals surface area contributed by atoms with Gasteiger partial charge in [0.2, 0.25) is 0 Å². The Morgan fingerprint density at radius 1 is 1.47 bits per heavy atom. The normalized spacial score (nSPS) is 17.1. The lowest BCUT2D eigenvalue weighted by Crippen LogP contribution is -2.57.